The van der Waals surface area contributed by atoms with Gasteiger partial charge in [0.25, 0.3) is 0 Å². The molecule has 0 amide bonds. The summed E-state index contributed by atoms with van der Waals surface area (Å²) in [5, 5.41) is 9.28. The van der Waals surface area contributed by atoms with Crippen molar-refractivity contribution in [3.05, 3.63) is 22.4 Å². The third-order valence-electron chi connectivity index (χ3n) is 4.80. The van der Waals surface area contributed by atoms with E-state index in [0.29, 0.717) is 18.0 Å². The van der Waals surface area contributed by atoms with E-state index in [0.717, 1.165) is 25.6 Å². The number of likely N-dealkylation sites (tertiary alicyclic amines) is 1. The van der Waals surface area contributed by atoms with Gasteiger partial charge in [-0.15, -0.1) is 35.3 Å². The average Bonchev–Trinajstić information content (AvgIpc) is 3.14. The van der Waals surface area contributed by atoms with Crippen LogP contribution >= 0.6 is 35.3 Å². The minimum atomic E-state index is 0. The van der Waals surface area contributed by atoms with Gasteiger partial charge in [-0.2, -0.15) is 0 Å². The maximum absolute atomic E-state index is 4.42. The lowest BCUT2D eigenvalue weighted by atomic mass is 9.91. The quantitative estimate of drug-likeness (QED) is 0.398. The summed E-state index contributed by atoms with van der Waals surface area (Å²) in [7, 11) is 1.85. The maximum Gasteiger partial charge on any atom is 0.191 e. The third-order valence-corrected chi connectivity index (χ3v) is 6.04. The van der Waals surface area contributed by atoms with Crippen LogP contribution in [-0.4, -0.2) is 49.6 Å². The summed E-state index contributed by atoms with van der Waals surface area (Å²) in [6.45, 7) is 14.5. The molecule has 4 nitrogen and oxygen atoms in total. The van der Waals surface area contributed by atoms with Crippen LogP contribution in [0.5, 0.6) is 0 Å². The number of guanidine groups is 1. The zero-order valence-corrected chi connectivity index (χ0v) is 18.9. The highest BCUT2D eigenvalue weighted by molar-refractivity contribution is 14.0. The Bertz CT molecular complexity index is 513. The molecule has 1 saturated heterocycles. The summed E-state index contributed by atoms with van der Waals surface area (Å²) in [6.07, 6.45) is 0. The lowest BCUT2D eigenvalue weighted by Gasteiger charge is -2.27. The van der Waals surface area contributed by atoms with Gasteiger partial charge in [-0.1, -0.05) is 26.8 Å². The van der Waals surface area contributed by atoms with Crippen molar-refractivity contribution in [2.75, 3.05) is 26.7 Å². The summed E-state index contributed by atoms with van der Waals surface area (Å²) >= 11 is 1.82. The fourth-order valence-electron chi connectivity index (χ4n) is 3.04. The van der Waals surface area contributed by atoms with Crippen LogP contribution in [0, 0.1) is 5.92 Å². The van der Waals surface area contributed by atoms with Crippen LogP contribution in [0.15, 0.2) is 22.5 Å². The van der Waals surface area contributed by atoms with E-state index < -0.39 is 0 Å². The highest BCUT2D eigenvalue weighted by Gasteiger charge is 2.31. The Hall–Kier alpha value is -0.340. The van der Waals surface area contributed by atoms with E-state index in [1.165, 1.54) is 4.88 Å². The molecule has 2 rings (SSSR count). The molecule has 2 atom stereocenters. The Labute approximate surface area is 168 Å². The molecule has 0 saturated carbocycles. The minimum Gasteiger partial charge on any atom is -0.356 e. The summed E-state index contributed by atoms with van der Waals surface area (Å²) in [6, 6.07) is 5.41. The van der Waals surface area contributed by atoms with E-state index >= 15 is 0 Å². The first-order chi connectivity index (χ1) is 10.8. The highest BCUT2D eigenvalue weighted by Crippen LogP contribution is 2.26. The van der Waals surface area contributed by atoms with E-state index in [1.54, 1.807) is 0 Å². The number of hydrogen-bond acceptors (Lipinski definition) is 3. The van der Waals surface area contributed by atoms with E-state index in [-0.39, 0.29) is 29.4 Å². The van der Waals surface area contributed by atoms with Gasteiger partial charge < -0.3 is 10.6 Å². The molecular formula is C18H33IN4S. The molecule has 1 aromatic heterocycles. The van der Waals surface area contributed by atoms with Crippen molar-refractivity contribution in [2.45, 2.75) is 52.1 Å². The Morgan fingerprint density at radius 1 is 1.42 bits per heavy atom. The van der Waals surface area contributed by atoms with Crippen molar-refractivity contribution in [3.63, 3.8) is 0 Å². The first-order valence-corrected chi connectivity index (χ1v) is 9.46. The van der Waals surface area contributed by atoms with E-state index in [9.17, 15) is 0 Å². The van der Waals surface area contributed by atoms with Crippen molar-refractivity contribution >= 4 is 41.3 Å². The average molecular weight is 464 g/mol. The van der Waals surface area contributed by atoms with E-state index in [2.05, 4.69) is 72.7 Å². The Morgan fingerprint density at radius 2 is 2.12 bits per heavy atom. The molecule has 0 bridgehead atoms. The van der Waals surface area contributed by atoms with Crippen LogP contribution in [0.2, 0.25) is 0 Å². The van der Waals surface area contributed by atoms with Crippen LogP contribution < -0.4 is 10.6 Å². The molecule has 2 N–H and O–H groups in total. The second-order valence-corrected chi connectivity index (χ2v) is 8.51. The normalized spacial score (nSPS) is 22.5. The number of aliphatic imine (C=N–C) groups is 1. The monoisotopic (exact) mass is 464 g/mol. The van der Waals surface area contributed by atoms with Gasteiger partial charge in [0.15, 0.2) is 5.96 Å². The Balaban J connectivity index is 0.00000288. The van der Waals surface area contributed by atoms with Crippen LogP contribution in [0.3, 0.4) is 0 Å². The fraction of sp³-hybridized carbons (Fsp3) is 0.722. The molecule has 0 aliphatic carbocycles. The molecule has 0 spiro atoms. The van der Waals surface area contributed by atoms with E-state index in [4.69, 9.17) is 0 Å². The standard InChI is InChI=1S/C18H32N4S.HI/c1-13(2)22-10-14(3)15(11-22)21-17(19-6)20-12-18(4,5)16-8-7-9-23-16;/h7-9,13-15H,10-12H2,1-6H3,(H2,19,20,21);1H. The second kappa shape index (κ2) is 9.38. The molecule has 1 aromatic rings. The first-order valence-electron chi connectivity index (χ1n) is 8.58. The summed E-state index contributed by atoms with van der Waals surface area (Å²) in [5.41, 5.74) is 0.108. The molecule has 0 radical (unpaired) electrons. The summed E-state index contributed by atoms with van der Waals surface area (Å²) in [4.78, 5) is 8.36. The zero-order valence-electron chi connectivity index (χ0n) is 15.8. The van der Waals surface area contributed by atoms with Crippen molar-refractivity contribution < 1.29 is 0 Å². The maximum atomic E-state index is 4.42. The number of thiophene rings is 1. The zero-order chi connectivity index (χ0) is 17.0. The first kappa shape index (κ1) is 21.7. The predicted octanol–water partition coefficient (Wildman–Crippen LogP) is 3.54. The number of halogens is 1. The highest BCUT2D eigenvalue weighted by atomic mass is 127. The molecule has 1 aliphatic heterocycles. The van der Waals surface area contributed by atoms with Gasteiger partial charge >= 0.3 is 0 Å². The smallest absolute Gasteiger partial charge is 0.191 e. The molecule has 1 fully saturated rings. The van der Waals surface area contributed by atoms with Crippen molar-refractivity contribution in [2.24, 2.45) is 10.9 Å². The molecular weight excluding hydrogens is 431 g/mol. The van der Waals surface area contributed by atoms with Crippen molar-refractivity contribution in [1.29, 1.82) is 0 Å². The van der Waals surface area contributed by atoms with Gasteiger partial charge in [0.05, 0.1) is 0 Å². The number of nitrogens with zero attached hydrogens (tertiary/aromatic N) is 2. The predicted molar refractivity (Wildman–Crippen MR) is 117 cm³/mol. The summed E-state index contributed by atoms with van der Waals surface area (Å²) in [5.74, 6) is 1.55. The van der Waals surface area contributed by atoms with Gasteiger partial charge in [-0.3, -0.25) is 9.89 Å². The molecule has 6 heteroatoms. The Kier molecular flexibility index (Phi) is 8.48. The Morgan fingerprint density at radius 3 is 2.62 bits per heavy atom. The van der Waals surface area contributed by atoms with Gasteiger partial charge in [0.1, 0.15) is 0 Å². The fourth-order valence-corrected chi connectivity index (χ4v) is 3.89. The molecule has 0 aromatic carbocycles. The van der Waals surface area contributed by atoms with Gasteiger partial charge in [-0.05, 0) is 31.2 Å². The second-order valence-electron chi connectivity index (χ2n) is 7.56. The van der Waals surface area contributed by atoms with Crippen LogP contribution in [0.25, 0.3) is 0 Å². The lowest BCUT2D eigenvalue weighted by molar-refractivity contribution is 0.265. The number of rotatable bonds is 5. The van der Waals surface area contributed by atoms with Crippen LogP contribution in [-0.2, 0) is 5.41 Å². The lowest BCUT2D eigenvalue weighted by Crippen LogP contribution is -2.49. The molecule has 1 aliphatic rings. The largest absolute Gasteiger partial charge is 0.356 e. The van der Waals surface area contributed by atoms with Gasteiger partial charge in [0.2, 0.25) is 0 Å². The summed E-state index contributed by atoms with van der Waals surface area (Å²) < 4.78 is 0. The molecule has 2 heterocycles. The number of nitrogens with one attached hydrogen (secondary N) is 2. The van der Waals surface area contributed by atoms with Gasteiger partial charge in [-0.25, -0.2) is 0 Å². The van der Waals surface area contributed by atoms with E-state index in [1.807, 2.05) is 18.4 Å². The van der Waals surface area contributed by atoms with Crippen LogP contribution in [0.4, 0.5) is 0 Å². The van der Waals surface area contributed by atoms with Gasteiger partial charge in [0, 0.05) is 49.1 Å². The minimum absolute atomic E-state index is 0. The number of hydrogen-bond donors (Lipinski definition) is 2. The SMILES string of the molecule is CN=C(NCC(C)(C)c1cccs1)NC1CN(C(C)C)CC1C.I. The molecule has 138 valence electrons. The molecule has 24 heavy (non-hydrogen) atoms. The molecule has 2 unspecified atom stereocenters. The topological polar surface area (TPSA) is 39.7 Å². The van der Waals surface area contributed by atoms with Crippen molar-refractivity contribution in [3.8, 4) is 0 Å². The van der Waals surface area contributed by atoms with Crippen molar-refractivity contribution in [1.82, 2.24) is 15.5 Å². The van der Waals surface area contributed by atoms with Crippen LogP contribution in [0.1, 0.15) is 39.5 Å². The third kappa shape index (κ3) is 5.59.